The highest BCUT2D eigenvalue weighted by Crippen LogP contribution is 2.19. The Morgan fingerprint density at radius 1 is 1.08 bits per heavy atom. The second-order valence-corrected chi connectivity index (χ2v) is 6.65. The van der Waals surface area contributed by atoms with Crippen LogP contribution in [0.5, 0.6) is 0 Å². The maximum absolute atomic E-state index is 12.1. The van der Waals surface area contributed by atoms with Crippen molar-refractivity contribution in [3.8, 4) is 0 Å². The smallest absolute Gasteiger partial charge is 0.275 e. The summed E-state index contributed by atoms with van der Waals surface area (Å²) in [6.45, 7) is 4.52. The highest BCUT2D eigenvalue weighted by Gasteiger charge is 2.15. The SMILES string of the molecule is C[C@H](CCc1ccccc1)NC(=O)C[NH2+][C@H](C)c1ccccc1Cl. The molecular formula is C20H26ClN2O+. The molecule has 24 heavy (non-hydrogen) atoms. The summed E-state index contributed by atoms with van der Waals surface area (Å²) in [5.41, 5.74) is 2.36. The van der Waals surface area contributed by atoms with Crippen molar-refractivity contribution in [1.29, 1.82) is 0 Å². The standard InChI is InChI=1S/C20H25ClN2O/c1-15(12-13-17-8-4-3-5-9-17)23-20(24)14-22-16(2)18-10-6-7-11-19(18)21/h3-11,15-16,22H,12-14H2,1-2H3,(H,23,24)/p+1/t15-,16-/m1/s1. The average molecular weight is 346 g/mol. The Morgan fingerprint density at radius 3 is 2.46 bits per heavy atom. The molecule has 128 valence electrons. The van der Waals surface area contributed by atoms with Crippen LogP contribution in [0.15, 0.2) is 54.6 Å². The van der Waals surface area contributed by atoms with E-state index in [0.29, 0.717) is 6.54 Å². The number of hydrogen-bond donors (Lipinski definition) is 2. The van der Waals surface area contributed by atoms with Crippen molar-refractivity contribution in [3.05, 3.63) is 70.7 Å². The van der Waals surface area contributed by atoms with Gasteiger partial charge in [-0.05, 0) is 38.3 Å². The topological polar surface area (TPSA) is 45.7 Å². The van der Waals surface area contributed by atoms with E-state index in [1.54, 1.807) is 0 Å². The van der Waals surface area contributed by atoms with E-state index in [1.165, 1.54) is 5.56 Å². The quantitative estimate of drug-likeness (QED) is 0.758. The number of nitrogens with one attached hydrogen (secondary N) is 1. The molecule has 0 fully saturated rings. The molecule has 3 N–H and O–H groups in total. The Kier molecular flexibility index (Phi) is 7.29. The lowest BCUT2D eigenvalue weighted by molar-refractivity contribution is -0.682. The molecule has 0 bridgehead atoms. The summed E-state index contributed by atoms with van der Waals surface area (Å²) in [6.07, 6.45) is 1.91. The van der Waals surface area contributed by atoms with Crippen LogP contribution in [0.4, 0.5) is 0 Å². The van der Waals surface area contributed by atoms with Gasteiger partial charge in [-0.1, -0.05) is 60.1 Å². The van der Waals surface area contributed by atoms with Crippen molar-refractivity contribution in [2.45, 2.75) is 38.8 Å². The molecular weight excluding hydrogens is 320 g/mol. The molecule has 2 aromatic rings. The van der Waals surface area contributed by atoms with Gasteiger partial charge in [-0.15, -0.1) is 0 Å². The number of nitrogens with two attached hydrogens (primary N) is 1. The second kappa shape index (κ2) is 9.45. The number of hydrogen-bond acceptors (Lipinski definition) is 1. The number of amides is 1. The van der Waals surface area contributed by atoms with Crippen LogP contribution < -0.4 is 10.6 Å². The van der Waals surface area contributed by atoms with Gasteiger partial charge in [-0.3, -0.25) is 4.79 Å². The van der Waals surface area contributed by atoms with Gasteiger partial charge < -0.3 is 10.6 Å². The maximum atomic E-state index is 12.1. The normalized spacial score (nSPS) is 13.3. The fourth-order valence-corrected chi connectivity index (χ4v) is 3.00. The summed E-state index contributed by atoms with van der Waals surface area (Å²) >= 11 is 6.20. The third-order valence-corrected chi connectivity index (χ3v) is 4.51. The molecule has 0 aliphatic carbocycles. The lowest BCUT2D eigenvalue weighted by Crippen LogP contribution is -2.87. The molecule has 1 amide bonds. The summed E-state index contributed by atoms with van der Waals surface area (Å²) in [4.78, 5) is 12.1. The molecule has 4 heteroatoms. The van der Waals surface area contributed by atoms with E-state index in [0.717, 1.165) is 23.4 Å². The van der Waals surface area contributed by atoms with Crippen molar-refractivity contribution >= 4 is 17.5 Å². The zero-order valence-electron chi connectivity index (χ0n) is 14.3. The third-order valence-electron chi connectivity index (χ3n) is 4.17. The first-order valence-corrected chi connectivity index (χ1v) is 8.85. The van der Waals surface area contributed by atoms with Crippen molar-refractivity contribution in [2.24, 2.45) is 0 Å². The number of carbonyl (C=O) groups is 1. The number of aryl methyl sites for hydroxylation is 1. The Labute approximate surface area is 149 Å². The van der Waals surface area contributed by atoms with Crippen molar-refractivity contribution in [1.82, 2.24) is 5.32 Å². The van der Waals surface area contributed by atoms with Crippen molar-refractivity contribution in [2.75, 3.05) is 6.54 Å². The molecule has 0 aliphatic rings. The van der Waals surface area contributed by atoms with Crippen LogP contribution in [0.2, 0.25) is 5.02 Å². The first kappa shape index (κ1) is 18.5. The Morgan fingerprint density at radius 2 is 1.75 bits per heavy atom. The lowest BCUT2D eigenvalue weighted by atomic mass is 10.1. The molecule has 0 aliphatic heterocycles. The van der Waals surface area contributed by atoms with Crippen LogP contribution in [0.25, 0.3) is 0 Å². The Hall–Kier alpha value is -1.84. The number of quaternary nitrogens is 1. The largest absolute Gasteiger partial charge is 0.349 e. The molecule has 0 aromatic heterocycles. The van der Waals surface area contributed by atoms with Crippen LogP contribution in [0, 0.1) is 0 Å². The minimum absolute atomic E-state index is 0.0643. The first-order valence-electron chi connectivity index (χ1n) is 8.47. The zero-order valence-corrected chi connectivity index (χ0v) is 15.1. The molecule has 0 unspecified atom stereocenters. The molecule has 2 aromatic carbocycles. The minimum atomic E-state index is 0.0643. The highest BCUT2D eigenvalue weighted by molar-refractivity contribution is 6.31. The van der Waals surface area contributed by atoms with Crippen molar-refractivity contribution < 1.29 is 10.1 Å². The van der Waals surface area contributed by atoms with Gasteiger partial charge in [0, 0.05) is 16.6 Å². The summed E-state index contributed by atoms with van der Waals surface area (Å²) in [6, 6.07) is 18.4. The lowest BCUT2D eigenvalue weighted by Gasteiger charge is -2.15. The average Bonchev–Trinajstić information content (AvgIpc) is 2.59. The molecule has 0 saturated heterocycles. The van der Waals surface area contributed by atoms with E-state index in [-0.39, 0.29) is 18.0 Å². The number of rotatable bonds is 8. The summed E-state index contributed by atoms with van der Waals surface area (Å²) in [7, 11) is 0. The highest BCUT2D eigenvalue weighted by atomic mass is 35.5. The Balaban J connectivity index is 1.71. The summed E-state index contributed by atoms with van der Waals surface area (Å²) in [5.74, 6) is 0.0643. The third kappa shape index (κ3) is 5.99. The fourth-order valence-electron chi connectivity index (χ4n) is 2.69. The van der Waals surface area contributed by atoms with E-state index in [9.17, 15) is 4.79 Å². The predicted molar refractivity (Wildman–Crippen MR) is 99.0 cm³/mol. The molecule has 0 saturated carbocycles. The zero-order chi connectivity index (χ0) is 17.4. The summed E-state index contributed by atoms with van der Waals surface area (Å²) < 4.78 is 0. The monoisotopic (exact) mass is 345 g/mol. The van der Waals surface area contributed by atoms with Gasteiger partial charge in [-0.2, -0.15) is 0 Å². The van der Waals surface area contributed by atoms with Gasteiger partial charge in [0.25, 0.3) is 5.91 Å². The molecule has 0 spiro atoms. The van der Waals surface area contributed by atoms with Crippen LogP contribution in [-0.4, -0.2) is 18.5 Å². The number of benzene rings is 2. The first-order chi connectivity index (χ1) is 11.6. The van der Waals surface area contributed by atoms with E-state index in [2.05, 4.69) is 31.3 Å². The van der Waals surface area contributed by atoms with Gasteiger partial charge in [-0.25, -0.2) is 0 Å². The molecule has 0 heterocycles. The molecule has 3 nitrogen and oxygen atoms in total. The van der Waals surface area contributed by atoms with Crippen molar-refractivity contribution in [3.63, 3.8) is 0 Å². The Bertz CT molecular complexity index is 645. The predicted octanol–water partition coefficient (Wildman–Crippen LogP) is 3.10. The van der Waals surface area contributed by atoms with Gasteiger partial charge >= 0.3 is 0 Å². The van der Waals surface area contributed by atoms with E-state index >= 15 is 0 Å². The molecule has 2 atom stereocenters. The molecule has 0 radical (unpaired) electrons. The van der Waals surface area contributed by atoms with Crippen LogP contribution in [-0.2, 0) is 11.2 Å². The van der Waals surface area contributed by atoms with E-state index in [1.807, 2.05) is 47.8 Å². The van der Waals surface area contributed by atoms with Gasteiger partial charge in [0.15, 0.2) is 6.54 Å². The van der Waals surface area contributed by atoms with Crippen LogP contribution in [0.3, 0.4) is 0 Å². The van der Waals surface area contributed by atoms with Crippen LogP contribution in [0.1, 0.15) is 37.4 Å². The van der Waals surface area contributed by atoms with E-state index in [4.69, 9.17) is 11.6 Å². The van der Waals surface area contributed by atoms with Gasteiger partial charge in [0.05, 0.1) is 0 Å². The minimum Gasteiger partial charge on any atom is -0.349 e. The number of carbonyl (C=O) groups excluding carboxylic acids is 1. The fraction of sp³-hybridized carbons (Fsp3) is 0.350. The molecule has 2 rings (SSSR count). The number of halogens is 1. The maximum Gasteiger partial charge on any atom is 0.275 e. The second-order valence-electron chi connectivity index (χ2n) is 6.24. The summed E-state index contributed by atoms with van der Waals surface area (Å²) in [5, 5.41) is 5.83. The van der Waals surface area contributed by atoms with Gasteiger partial charge in [0.1, 0.15) is 6.04 Å². The van der Waals surface area contributed by atoms with E-state index < -0.39 is 0 Å². The van der Waals surface area contributed by atoms with Gasteiger partial charge in [0.2, 0.25) is 0 Å². The van der Waals surface area contributed by atoms with Crippen LogP contribution >= 0.6 is 11.6 Å².